The molecule has 102 valence electrons. The number of phenolic OH excluding ortho intramolecular Hbond substituents is 1. The van der Waals surface area contributed by atoms with E-state index in [1.165, 1.54) is 12.1 Å². The van der Waals surface area contributed by atoms with E-state index in [-0.39, 0.29) is 22.9 Å². The van der Waals surface area contributed by atoms with Gasteiger partial charge in [0, 0.05) is 17.8 Å². The summed E-state index contributed by atoms with van der Waals surface area (Å²) >= 11 is 3.38. The van der Waals surface area contributed by atoms with Crippen LogP contribution in [0.25, 0.3) is 0 Å². The molecular formula is C13H14BrNO4. The Hall–Kier alpha value is -1.56. The molecular weight excluding hydrogens is 314 g/mol. The van der Waals surface area contributed by atoms with Crippen molar-refractivity contribution in [3.05, 3.63) is 29.8 Å². The van der Waals surface area contributed by atoms with Crippen LogP contribution in [0.1, 0.15) is 24.4 Å². The fraction of sp³-hybridized carbons (Fsp3) is 0.385. The third-order valence-corrected chi connectivity index (χ3v) is 3.72. The van der Waals surface area contributed by atoms with Crippen molar-refractivity contribution in [1.29, 1.82) is 0 Å². The number of halogens is 1. The molecule has 0 saturated carbocycles. The van der Waals surface area contributed by atoms with E-state index in [2.05, 4.69) is 15.9 Å². The van der Waals surface area contributed by atoms with Crippen molar-refractivity contribution in [1.82, 2.24) is 4.90 Å². The second kappa shape index (κ2) is 5.61. The van der Waals surface area contributed by atoms with E-state index < -0.39 is 12.0 Å². The molecule has 1 amide bonds. The smallest absolute Gasteiger partial charge is 0.305 e. The van der Waals surface area contributed by atoms with Crippen LogP contribution in [0.3, 0.4) is 0 Å². The molecule has 0 radical (unpaired) electrons. The number of benzene rings is 1. The highest BCUT2D eigenvalue weighted by molar-refractivity contribution is 9.09. The molecule has 0 aliphatic carbocycles. The van der Waals surface area contributed by atoms with Crippen LogP contribution in [-0.4, -0.2) is 38.4 Å². The second-order valence-electron chi connectivity index (χ2n) is 4.56. The Morgan fingerprint density at radius 2 is 2.26 bits per heavy atom. The molecule has 1 aromatic rings. The summed E-state index contributed by atoms with van der Waals surface area (Å²) in [5.74, 6) is -0.981. The van der Waals surface area contributed by atoms with Gasteiger partial charge in [0.05, 0.1) is 12.5 Å². The van der Waals surface area contributed by atoms with Crippen molar-refractivity contribution < 1.29 is 19.8 Å². The van der Waals surface area contributed by atoms with Crippen molar-refractivity contribution in [2.45, 2.75) is 23.7 Å². The molecule has 2 atom stereocenters. The van der Waals surface area contributed by atoms with Gasteiger partial charge in [-0.2, -0.15) is 0 Å². The molecule has 19 heavy (non-hydrogen) atoms. The molecule has 0 aromatic heterocycles. The molecule has 1 fully saturated rings. The first-order valence-electron chi connectivity index (χ1n) is 5.91. The Bertz CT molecular complexity index is 505. The quantitative estimate of drug-likeness (QED) is 0.828. The summed E-state index contributed by atoms with van der Waals surface area (Å²) in [6.07, 6.45) is 0.198. The first-order chi connectivity index (χ1) is 8.97. The third kappa shape index (κ3) is 3.26. The molecule has 0 spiro atoms. The highest BCUT2D eigenvalue weighted by Crippen LogP contribution is 2.32. The number of rotatable bonds is 4. The molecule has 1 saturated heterocycles. The van der Waals surface area contributed by atoms with Crippen LogP contribution in [0.5, 0.6) is 5.75 Å². The summed E-state index contributed by atoms with van der Waals surface area (Å²) in [4.78, 5) is 24.5. The van der Waals surface area contributed by atoms with Crippen molar-refractivity contribution in [2.75, 3.05) is 6.54 Å². The Kier molecular flexibility index (Phi) is 4.09. The van der Waals surface area contributed by atoms with Gasteiger partial charge in [0.1, 0.15) is 5.75 Å². The number of carbonyl (C=O) groups is 2. The fourth-order valence-corrected chi connectivity index (χ4v) is 2.88. The number of alkyl halides is 1. The van der Waals surface area contributed by atoms with Gasteiger partial charge in [-0.05, 0) is 17.7 Å². The number of carboxylic acid groups (broad SMARTS) is 1. The van der Waals surface area contributed by atoms with Gasteiger partial charge in [0.25, 0.3) is 0 Å². The van der Waals surface area contributed by atoms with Crippen molar-refractivity contribution in [3.63, 3.8) is 0 Å². The van der Waals surface area contributed by atoms with Gasteiger partial charge in [-0.1, -0.05) is 28.1 Å². The predicted molar refractivity (Wildman–Crippen MR) is 72.1 cm³/mol. The van der Waals surface area contributed by atoms with Crippen LogP contribution in [0, 0.1) is 0 Å². The van der Waals surface area contributed by atoms with E-state index in [1.54, 1.807) is 17.0 Å². The highest BCUT2D eigenvalue weighted by Gasteiger charge is 2.34. The second-order valence-corrected chi connectivity index (χ2v) is 5.85. The first kappa shape index (κ1) is 13.9. The zero-order chi connectivity index (χ0) is 14.0. The molecule has 1 aromatic carbocycles. The van der Waals surface area contributed by atoms with Gasteiger partial charge < -0.3 is 15.1 Å². The molecule has 6 heteroatoms. The summed E-state index contributed by atoms with van der Waals surface area (Å²) in [6, 6.07) is 5.84. The van der Waals surface area contributed by atoms with Crippen LogP contribution >= 0.6 is 15.9 Å². The van der Waals surface area contributed by atoms with Crippen LogP contribution in [0.4, 0.5) is 0 Å². The lowest BCUT2D eigenvalue weighted by atomic mass is 10.0. The third-order valence-electron chi connectivity index (χ3n) is 3.11. The van der Waals surface area contributed by atoms with E-state index in [0.29, 0.717) is 18.5 Å². The maximum absolute atomic E-state index is 11.9. The average Bonchev–Trinajstić information content (AvgIpc) is 2.65. The number of aliphatic carboxylic acids is 1. The van der Waals surface area contributed by atoms with E-state index >= 15 is 0 Å². The molecule has 5 nitrogen and oxygen atoms in total. The van der Waals surface area contributed by atoms with Crippen LogP contribution < -0.4 is 0 Å². The number of carbonyl (C=O) groups excluding carboxylic acids is 1. The summed E-state index contributed by atoms with van der Waals surface area (Å²) in [6.45, 7) is 0.479. The van der Waals surface area contributed by atoms with Gasteiger partial charge >= 0.3 is 5.97 Å². The van der Waals surface area contributed by atoms with Gasteiger partial charge in [0.2, 0.25) is 5.91 Å². The Morgan fingerprint density at radius 3 is 2.79 bits per heavy atom. The number of phenols is 1. The molecule has 2 N–H and O–H groups in total. The minimum absolute atomic E-state index is 0.0496. The van der Waals surface area contributed by atoms with Gasteiger partial charge in [-0.15, -0.1) is 0 Å². The number of carboxylic acids is 1. The van der Waals surface area contributed by atoms with E-state index in [9.17, 15) is 14.7 Å². The highest BCUT2D eigenvalue weighted by atomic mass is 79.9. The van der Waals surface area contributed by atoms with Gasteiger partial charge in [-0.3, -0.25) is 9.59 Å². The van der Waals surface area contributed by atoms with Gasteiger partial charge in [-0.25, -0.2) is 0 Å². The van der Waals surface area contributed by atoms with Crippen LogP contribution in [-0.2, 0) is 9.59 Å². The molecule has 2 rings (SSSR count). The topological polar surface area (TPSA) is 77.8 Å². The van der Waals surface area contributed by atoms with Crippen LogP contribution in [0.2, 0.25) is 0 Å². The summed E-state index contributed by atoms with van der Waals surface area (Å²) < 4.78 is 0. The standard InChI is InChI=1S/C13H14BrNO4/c14-9-5-12(17)15(7-9)11(6-13(18)19)8-2-1-3-10(16)4-8/h1-4,9,11,16H,5-7H2,(H,18,19). The average molecular weight is 328 g/mol. The summed E-state index contributed by atoms with van der Waals surface area (Å²) in [5.41, 5.74) is 0.636. The molecule has 1 heterocycles. The molecule has 1 aliphatic rings. The number of hydrogen-bond donors (Lipinski definition) is 2. The normalized spacial score (nSPS) is 20.6. The summed E-state index contributed by atoms with van der Waals surface area (Å²) in [7, 11) is 0. The maximum Gasteiger partial charge on any atom is 0.305 e. The van der Waals surface area contributed by atoms with Crippen molar-refractivity contribution >= 4 is 27.8 Å². The number of nitrogens with zero attached hydrogens (tertiary/aromatic N) is 1. The van der Waals surface area contributed by atoms with E-state index in [4.69, 9.17) is 5.11 Å². The number of hydrogen-bond acceptors (Lipinski definition) is 3. The lowest BCUT2D eigenvalue weighted by Crippen LogP contribution is -2.32. The molecule has 2 unspecified atom stereocenters. The Morgan fingerprint density at radius 1 is 1.53 bits per heavy atom. The fourth-order valence-electron chi connectivity index (χ4n) is 2.29. The van der Waals surface area contributed by atoms with E-state index in [0.717, 1.165) is 0 Å². The van der Waals surface area contributed by atoms with Crippen molar-refractivity contribution in [3.8, 4) is 5.75 Å². The number of likely N-dealkylation sites (tertiary alicyclic amines) is 1. The Labute approximate surface area is 119 Å². The SMILES string of the molecule is O=C(O)CC(c1cccc(O)c1)N1CC(Br)CC1=O. The van der Waals surface area contributed by atoms with Crippen molar-refractivity contribution in [2.24, 2.45) is 0 Å². The monoisotopic (exact) mass is 327 g/mol. The maximum atomic E-state index is 11.9. The molecule has 1 aliphatic heterocycles. The minimum Gasteiger partial charge on any atom is -0.508 e. The molecule has 0 bridgehead atoms. The lowest BCUT2D eigenvalue weighted by Gasteiger charge is -2.27. The Balaban J connectivity index is 2.30. The first-order valence-corrected chi connectivity index (χ1v) is 6.83. The van der Waals surface area contributed by atoms with E-state index in [1.807, 2.05) is 0 Å². The minimum atomic E-state index is -0.973. The zero-order valence-electron chi connectivity index (χ0n) is 10.1. The largest absolute Gasteiger partial charge is 0.508 e. The lowest BCUT2D eigenvalue weighted by molar-refractivity contribution is -0.139. The zero-order valence-corrected chi connectivity index (χ0v) is 11.7. The predicted octanol–water partition coefficient (Wildman–Crippen LogP) is 1.90. The summed E-state index contributed by atoms with van der Waals surface area (Å²) in [5, 5.41) is 18.5. The number of amides is 1. The number of aromatic hydroxyl groups is 1. The van der Waals surface area contributed by atoms with Gasteiger partial charge in [0.15, 0.2) is 0 Å². The van der Waals surface area contributed by atoms with Crippen LogP contribution in [0.15, 0.2) is 24.3 Å².